The second kappa shape index (κ2) is 6.05. The Kier molecular flexibility index (Phi) is 3.75. The van der Waals surface area contributed by atoms with E-state index in [1.807, 2.05) is 12.1 Å². The summed E-state index contributed by atoms with van der Waals surface area (Å²) < 4.78 is 2.23. The predicted molar refractivity (Wildman–Crippen MR) is 95.2 cm³/mol. The van der Waals surface area contributed by atoms with Gasteiger partial charge < -0.3 is 10.2 Å². The minimum Gasteiger partial charge on any atom is -0.352 e. The number of hydrogen-bond acceptors (Lipinski definition) is 3. The van der Waals surface area contributed by atoms with Gasteiger partial charge in [-0.05, 0) is 57.2 Å². The van der Waals surface area contributed by atoms with Crippen LogP contribution in [0.15, 0.2) is 54.6 Å². The number of nitrogens with zero attached hydrogens (tertiary/aromatic N) is 3. The molecule has 3 aromatic rings. The molecule has 1 aliphatic rings. The van der Waals surface area contributed by atoms with Gasteiger partial charge in [0.2, 0.25) is 5.95 Å². The van der Waals surface area contributed by atoms with E-state index < -0.39 is 0 Å². The molecule has 23 heavy (non-hydrogen) atoms. The van der Waals surface area contributed by atoms with Crippen molar-refractivity contribution in [2.45, 2.75) is 18.9 Å². The zero-order chi connectivity index (χ0) is 15.6. The third-order valence-electron chi connectivity index (χ3n) is 4.63. The maximum atomic E-state index is 4.84. The van der Waals surface area contributed by atoms with Crippen LogP contribution in [0.3, 0.4) is 0 Å². The standard InChI is InChI=1S/C19H22N4/c1-22-13-11-15(12-14-22)20-19-21-17-9-5-6-10-18(17)23(19)16-7-3-2-4-8-16/h2-10,15H,11-14H2,1H3,(H,20,21). The summed E-state index contributed by atoms with van der Waals surface area (Å²) in [7, 11) is 2.19. The monoisotopic (exact) mass is 306 g/mol. The van der Waals surface area contributed by atoms with Crippen LogP contribution in [-0.4, -0.2) is 40.6 Å². The van der Waals surface area contributed by atoms with Crippen molar-refractivity contribution in [2.75, 3.05) is 25.5 Å². The summed E-state index contributed by atoms with van der Waals surface area (Å²) in [4.78, 5) is 7.23. The number of aromatic nitrogens is 2. The predicted octanol–water partition coefficient (Wildman–Crippen LogP) is 3.53. The van der Waals surface area contributed by atoms with Crippen LogP contribution in [0, 0.1) is 0 Å². The van der Waals surface area contributed by atoms with Gasteiger partial charge in [-0.25, -0.2) is 4.98 Å². The lowest BCUT2D eigenvalue weighted by molar-refractivity contribution is 0.263. The number of anilines is 1. The summed E-state index contributed by atoms with van der Waals surface area (Å²) in [5.74, 6) is 0.951. The molecule has 1 fully saturated rings. The molecule has 0 atom stereocenters. The maximum absolute atomic E-state index is 4.84. The zero-order valence-corrected chi connectivity index (χ0v) is 13.4. The first-order chi connectivity index (χ1) is 11.3. The highest BCUT2D eigenvalue weighted by molar-refractivity contribution is 5.81. The van der Waals surface area contributed by atoms with Gasteiger partial charge in [0.05, 0.1) is 11.0 Å². The molecule has 1 aliphatic heterocycles. The molecule has 0 bridgehead atoms. The van der Waals surface area contributed by atoms with E-state index in [0.717, 1.165) is 48.6 Å². The number of imidazole rings is 1. The maximum Gasteiger partial charge on any atom is 0.208 e. The van der Waals surface area contributed by atoms with Crippen LogP contribution in [0.2, 0.25) is 0 Å². The molecular formula is C19H22N4. The quantitative estimate of drug-likeness (QED) is 0.803. The van der Waals surface area contributed by atoms with Crippen LogP contribution in [-0.2, 0) is 0 Å². The normalized spacial score (nSPS) is 16.7. The van der Waals surface area contributed by atoms with Gasteiger partial charge >= 0.3 is 0 Å². The Balaban J connectivity index is 1.74. The summed E-state index contributed by atoms with van der Waals surface area (Å²) in [5, 5.41) is 3.68. The molecular weight excluding hydrogens is 284 g/mol. The first-order valence-electron chi connectivity index (χ1n) is 8.29. The third-order valence-corrected chi connectivity index (χ3v) is 4.63. The van der Waals surface area contributed by atoms with Gasteiger partial charge in [-0.3, -0.25) is 4.57 Å². The van der Waals surface area contributed by atoms with Crippen molar-refractivity contribution in [2.24, 2.45) is 0 Å². The summed E-state index contributed by atoms with van der Waals surface area (Å²) >= 11 is 0. The second-order valence-electron chi connectivity index (χ2n) is 6.32. The van der Waals surface area contributed by atoms with Crippen molar-refractivity contribution in [1.82, 2.24) is 14.5 Å². The number of rotatable bonds is 3. The molecule has 1 N–H and O–H groups in total. The highest BCUT2D eigenvalue weighted by atomic mass is 15.2. The molecule has 0 amide bonds. The van der Waals surface area contributed by atoms with Crippen molar-refractivity contribution >= 4 is 17.0 Å². The second-order valence-corrected chi connectivity index (χ2v) is 6.32. The van der Waals surface area contributed by atoms with Crippen LogP contribution in [0.4, 0.5) is 5.95 Å². The van der Waals surface area contributed by atoms with Gasteiger partial charge in [0, 0.05) is 11.7 Å². The van der Waals surface area contributed by atoms with E-state index in [9.17, 15) is 0 Å². The fourth-order valence-electron chi connectivity index (χ4n) is 3.30. The SMILES string of the molecule is CN1CCC(Nc2nc3ccccc3n2-c2ccccc2)CC1. The number of hydrogen-bond donors (Lipinski definition) is 1. The van der Waals surface area contributed by atoms with Crippen molar-refractivity contribution in [3.63, 3.8) is 0 Å². The number of nitrogens with one attached hydrogen (secondary N) is 1. The first kappa shape index (κ1) is 14.3. The molecule has 1 aromatic heterocycles. The van der Waals surface area contributed by atoms with Gasteiger partial charge in [-0.15, -0.1) is 0 Å². The Bertz CT molecular complexity index is 785. The molecule has 0 unspecified atom stereocenters. The average Bonchev–Trinajstić information content (AvgIpc) is 2.95. The van der Waals surface area contributed by atoms with E-state index in [1.54, 1.807) is 0 Å². The molecule has 4 heteroatoms. The van der Waals surface area contributed by atoms with Crippen LogP contribution in [0.5, 0.6) is 0 Å². The van der Waals surface area contributed by atoms with Gasteiger partial charge in [-0.1, -0.05) is 30.3 Å². The van der Waals surface area contributed by atoms with E-state index in [2.05, 4.69) is 64.3 Å². The molecule has 2 aromatic carbocycles. The van der Waals surface area contributed by atoms with E-state index in [1.165, 1.54) is 0 Å². The lowest BCUT2D eigenvalue weighted by atomic mass is 10.1. The van der Waals surface area contributed by atoms with E-state index in [0.29, 0.717) is 6.04 Å². The van der Waals surface area contributed by atoms with Gasteiger partial charge in [-0.2, -0.15) is 0 Å². The number of piperidine rings is 1. The number of likely N-dealkylation sites (tertiary alicyclic amines) is 1. The Morgan fingerprint density at radius 1 is 0.957 bits per heavy atom. The molecule has 4 rings (SSSR count). The van der Waals surface area contributed by atoms with Crippen molar-refractivity contribution in [3.05, 3.63) is 54.6 Å². The minimum absolute atomic E-state index is 0.491. The summed E-state index contributed by atoms with van der Waals surface area (Å²) in [6, 6.07) is 19.3. The van der Waals surface area contributed by atoms with Crippen LogP contribution in [0.25, 0.3) is 16.7 Å². The Hall–Kier alpha value is -2.33. The summed E-state index contributed by atoms with van der Waals surface area (Å²) in [6.07, 6.45) is 2.32. The van der Waals surface area contributed by atoms with Crippen LogP contribution < -0.4 is 5.32 Å². The Morgan fingerprint density at radius 3 is 2.43 bits per heavy atom. The summed E-state index contributed by atoms with van der Waals surface area (Å²) in [6.45, 7) is 2.28. The zero-order valence-electron chi connectivity index (χ0n) is 13.4. The largest absolute Gasteiger partial charge is 0.352 e. The minimum atomic E-state index is 0.491. The molecule has 2 heterocycles. The van der Waals surface area contributed by atoms with Crippen molar-refractivity contribution in [3.8, 4) is 5.69 Å². The number of benzene rings is 2. The highest BCUT2D eigenvalue weighted by Gasteiger charge is 2.20. The molecule has 118 valence electrons. The Labute approximate surface area is 136 Å². The number of para-hydroxylation sites is 3. The smallest absolute Gasteiger partial charge is 0.208 e. The fraction of sp³-hybridized carbons (Fsp3) is 0.316. The topological polar surface area (TPSA) is 33.1 Å². The molecule has 0 saturated carbocycles. The van der Waals surface area contributed by atoms with Crippen LogP contribution in [0.1, 0.15) is 12.8 Å². The molecule has 1 saturated heterocycles. The average molecular weight is 306 g/mol. The van der Waals surface area contributed by atoms with Crippen molar-refractivity contribution in [1.29, 1.82) is 0 Å². The van der Waals surface area contributed by atoms with Gasteiger partial charge in [0.25, 0.3) is 0 Å². The van der Waals surface area contributed by atoms with Crippen molar-refractivity contribution < 1.29 is 0 Å². The first-order valence-corrected chi connectivity index (χ1v) is 8.29. The van der Waals surface area contributed by atoms with E-state index >= 15 is 0 Å². The highest BCUT2D eigenvalue weighted by Crippen LogP contribution is 2.26. The van der Waals surface area contributed by atoms with Crippen LogP contribution >= 0.6 is 0 Å². The van der Waals surface area contributed by atoms with Gasteiger partial charge in [0.15, 0.2) is 0 Å². The summed E-state index contributed by atoms with van der Waals surface area (Å²) in [5.41, 5.74) is 3.33. The third kappa shape index (κ3) is 2.82. The van der Waals surface area contributed by atoms with E-state index in [-0.39, 0.29) is 0 Å². The molecule has 0 radical (unpaired) electrons. The molecule has 4 nitrogen and oxygen atoms in total. The lowest BCUT2D eigenvalue weighted by Gasteiger charge is -2.29. The fourth-order valence-corrected chi connectivity index (χ4v) is 3.30. The lowest BCUT2D eigenvalue weighted by Crippen LogP contribution is -2.37. The molecule has 0 spiro atoms. The molecule has 0 aliphatic carbocycles. The van der Waals surface area contributed by atoms with Gasteiger partial charge in [0.1, 0.15) is 0 Å². The van der Waals surface area contributed by atoms with E-state index in [4.69, 9.17) is 4.98 Å². The number of fused-ring (bicyclic) bond motifs is 1. The Morgan fingerprint density at radius 2 is 1.65 bits per heavy atom.